The Balaban J connectivity index is -0.000000187. The fourth-order valence-electron chi connectivity index (χ4n) is 3.45. The molecule has 0 radical (unpaired) electrons. The average Bonchev–Trinajstić information content (AvgIpc) is 2.60. The van der Waals surface area contributed by atoms with Crippen LogP contribution in [0.1, 0.15) is 12.8 Å². The van der Waals surface area contributed by atoms with Gasteiger partial charge < -0.3 is 42.3 Å². The van der Waals surface area contributed by atoms with Crippen LogP contribution in [0.2, 0.25) is 0 Å². The van der Waals surface area contributed by atoms with Gasteiger partial charge in [-0.1, -0.05) is 0 Å². The van der Waals surface area contributed by atoms with Crippen LogP contribution in [-0.2, 0) is 19.2 Å². The van der Waals surface area contributed by atoms with Crippen LogP contribution in [0.5, 0.6) is 0 Å². The molecule has 0 bridgehead atoms. The maximum atomic E-state index is 11.1. The van der Waals surface area contributed by atoms with Gasteiger partial charge in [0, 0.05) is 52.4 Å². The third-order valence-electron chi connectivity index (χ3n) is 4.80. The number of halogens is 4. The van der Waals surface area contributed by atoms with E-state index in [4.69, 9.17) is 20.4 Å². The molecule has 0 amide bonds. The second-order valence-corrected chi connectivity index (χ2v) is 7.39. The first-order valence-electron chi connectivity index (χ1n) is 9.92. The Labute approximate surface area is 245 Å². The van der Waals surface area contributed by atoms with Gasteiger partial charge in [0.15, 0.2) is 0 Å². The fraction of sp³-hybridized carbons (Fsp3) is 0.778. The molecule has 12 N–H and O–H groups in total. The third-order valence-corrected chi connectivity index (χ3v) is 4.80. The maximum Gasteiger partial charge on any atom is 0.317 e. The molecular weight excluding hydrogens is 606 g/mol. The summed E-state index contributed by atoms with van der Waals surface area (Å²) < 4.78 is 0. The topological polar surface area (TPSA) is 288 Å². The molecule has 1 aliphatic heterocycles. The first-order valence-corrected chi connectivity index (χ1v) is 9.92. The van der Waals surface area contributed by atoms with Crippen molar-refractivity contribution in [3.05, 3.63) is 0 Å². The van der Waals surface area contributed by atoms with Crippen molar-refractivity contribution < 1.29 is 61.5 Å². The number of carboxylic acid groups (broad SMARTS) is 4. The van der Waals surface area contributed by atoms with Crippen molar-refractivity contribution in [3.63, 3.8) is 0 Å². The average molecular weight is 650 g/mol. The van der Waals surface area contributed by atoms with Gasteiger partial charge in [-0.15, -0.1) is 49.6 Å². The van der Waals surface area contributed by atoms with Crippen LogP contribution in [0, 0.1) is 0 Å². The lowest BCUT2D eigenvalue weighted by molar-refractivity contribution is -0.140. The zero-order valence-electron chi connectivity index (χ0n) is 20.7. The second-order valence-electron chi connectivity index (χ2n) is 7.39. The van der Waals surface area contributed by atoms with Crippen molar-refractivity contribution >= 4 is 73.5 Å². The molecule has 0 aromatic carbocycles. The van der Waals surface area contributed by atoms with E-state index < -0.39 is 23.9 Å². The summed E-state index contributed by atoms with van der Waals surface area (Å²) in [6.45, 7) is 2.52. The van der Waals surface area contributed by atoms with E-state index in [0.29, 0.717) is 65.2 Å². The largest absolute Gasteiger partial charge is 0.480 e. The van der Waals surface area contributed by atoms with Gasteiger partial charge >= 0.3 is 23.9 Å². The van der Waals surface area contributed by atoms with E-state index in [2.05, 4.69) is 0 Å². The molecule has 1 aliphatic rings. The van der Waals surface area contributed by atoms with Crippen molar-refractivity contribution in [2.45, 2.75) is 12.8 Å². The van der Waals surface area contributed by atoms with Crippen LogP contribution in [0.3, 0.4) is 0 Å². The molecule has 1 rings (SSSR count). The Morgan fingerprint density at radius 3 is 0.684 bits per heavy atom. The molecule has 0 atom stereocenters. The maximum absolute atomic E-state index is 11.1. The first kappa shape index (κ1) is 56.8. The molecule has 20 heteroatoms. The smallest absolute Gasteiger partial charge is 0.317 e. The normalized spacial score (nSPS) is 15.6. The van der Waals surface area contributed by atoms with E-state index in [1.165, 1.54) is 0 Å². The number of carbonyl (C=O) groups is 4. The van der Waals surface area contributed by atoms with Gasteiger partial charge in [-0.3, -0.25) is 38.8 Å². The Hall–Kier alpha value is -1.28. The molecule has 0 aliphatic carbocycles. The Morgan fingerprint density at radius 2 is 0.553 bits per heavy atom. The van der Waals surface area contributed by atoms with Gasteiger partial charge in [0.1, 0.15) is 0 Å². The Morgan fingerprint density at radius 1 is 0.395 bits per heavy atom. The van der Waals surface area contributed by atoms with Gasteiger partial charge in [0.2, 0.25) is 0 Å². The summed E-state index contributed by atoms with van der Waals surface area (Å²) in [7, 11) is 0. The highest BCUT2D eigenvalue weighted by molar-refractivity contribution is 5.86. The molecule has 0 unspecified atom stereocenters. The number of nitrogens with zero attached hydrogens (tertiary/aromatic N) is 4. The second kappa shape index (κ2) is 31.9. The molecule has 16 nitrogen and oxygen atoms in total. The van der Waals surface area contributed by atoms with Gasteiger partial charge in [-0.25, -0.2) is 0 Å². The highest BCUT2D eigenvalue weighted by atomic mass is 35.5. The van der Waals surface area contributed by atoms with E-state index in [0.717, 1.165) is 0 Å². The van der Waals surface area contributed by atoms with Gasteiger partial charge in [0.25, 0.3) is 0 Å². The monoisotopic (exact) mass is 648 g/mol. The minimum absolute atomic E-state index is 0. The summed E-state index contributed by atoms with van der Waals surface area (Å²) >= 11 is 0. The number of carboxylic acids is 4. The molecule has 0 aromatic rings. The molecule has 0 aromatic heterocycles. The molecule has 38 heavy (non-hydrogen) atoms. The quantitative estimate of drug-likeness (QED) is 0.201. The lowest BCUT2D eigenvalue weighted by Gasteiger charge is -2.30. The summed E-state index contributed by atoms with van der Waals surface area (Å²) in [6.07, 6.45) is 1.08. The van der Waals surface area contributed by atoms with Crippen molar-refractivity contribution in [3.8, 4) is 0 Å². The summed E-state index contributed by atoms with van der Waals surface area (Å²) in [5.41, 5.74) is 0. The Kier molecular flexibility index (Phi) is 47.7. The Bertz CT molecular complexity index is 516. The van der Waals surface area contributed by atoms with E-state index >= 15 is 0 Å². The summed E-state index contributed by atoms with van der Waals surface area (Å²) in [5.74, 6) is -3.92. The highest BCUT2D eigenvalue weighted by Gasteiger charge is 2.18. The fourth-order valence-corrected chi connectivity index (χ4v) is 3.45. The predicted octanol–water partition coefficient (Wildman–Crippen LogP) is -3.28. The molecule has 1 fully saturated rings. The van der Waals surface area contributed by atoms with E-state index in [1.54, 1.807) is 19.6 Å². The summed E-state index contributed by atoms with van der Waals surface area (Å²) in [4.78, 5) is 51.5. The van der Waals surface area contributed by atoms with E-state index in [9.17, 15) is 19.2 Å². The summed E-state index contributed by atoms with van der Waals surface area (Å²) in [6, 6.07) is 0. The lowest BCUT2D eigenvalue weighted by atomic mass is 10.2. The SMILES string of the molecule is Cl.Cl.Cl.Cl.O.O.O.O.O=C(O)CN1CCCN(CC(=O)O)CCN(CC(=O)O)CCCN(CC(=O)O)CC1. The van der Waals surface area contributed by atoms with E-state index in [1.807, 2.05) is 0 Å². The van der Waals surface area contributed by atoms with Crippen molar-refractivity contribution in [2.75, 3.05) is 78.5 Å². The van der Waals surface area contributed by atoms with Crippen molar-refractivity contribution in [1.82, 2.24) is 19.6 Å². The van der Waals surface area contributed by atoms with E-state index in [-0.39, 0.29) is 97.7 Å². The minimum atomic E-state index is -0.979. The number of aliphatic carboxylic acids is 4. The first-order chi connectivity index (χ1) is 14.2. The van der Waals surface area contributed by atoms with Crippen LogP contribution in [0.25, 0.3) is 0 Å². The standard InChI is InChI=1S/C18H32N4O8.4ClH.4H2O/c23-15(24)11-19-3-1-4-20(12-16(25)26)8-10-22(14-18(29)30)6-2-5-21(9-7-19)13-17(27)28;;;;;;;;/h1-14H2,(H,23,24)(H,25,26)(H,27,28)(H,29,30);4*1H;4*1H2. The van der Waals surface area contributed by atoms with Gasteiger partial charge in [-0.2, -0.15) is 0 Å². The van der Waals surface area contributed by atoms with Crippen LogP contribution in [0.15, 0.2) is 0 Å². The predicted molar refractivity (Wildman–Crippen MR) is 149 cm³/mol. The third kappa shape index (κ3) is 29.3. The highest BCUT2D eigenvalue weighted by Crippen LogP contribution is 2.03. The zero-order valence-corrected chi connectivity index (χ0v) is 24.0. The summed E-state index contributed by atoms with van der Waals surface area (Å²) in [5, 5.41) is 36.5. The molecule has 0 saturated carbocycles. The zero-order chi connectivity index (χ0) is 22.5. The molecular formula is C18H44Cl4N4O12. The van der Waals surface area contributed by atoms with Crippen LogP contribution >= 0.6 is 49.6 Å². The lowest BCUT2D eigenvalue weighted by Crippen LogP contribution is -2.44. The molecule has 1 saturated heterocycles. The molecule has 0 spiro atoms. The van der Waals surface area contributed by atoms with Crippen molar-refractivity contribution in [1.29, 1.82) is 0 Å². The molecule has 1 heterocycles. The van der Waals surface area contributed by atoms with Crippen LogP contribution in [0.4, 0.5) is 0 Å². The number of rotatable bonds is 8. The van der Waals surface area contributed by atoms with Gasteiger partial charge in [-0.05, 0) is 12.8 Å². The van der Waals surface area contributed by atoms with Crippen molar-refractivity contribution in [2.24, 2.45) is 0 Å². The van der Waals surface area contributed by atoms with Gasteiger partial charge in [0.05, 0.1) is 26.2 Å². The minimum Gasteiger partial charge on any atom is -0.480 e. The van der Waals surface area contributed by atoms with Crippen LogP contribution < -0.4 is 0 Å². The molecule has 236 valence electrons. The van der Waals surface area contributed by atoms with Crippen LogP contribution in [-0.4, -0.2) is 164 Å². The number of hydrogen-bond acceptors (Lipinski definition) is 8. The number of hydrogen-bond donors (Lipinski definition) is 4.